The van der Waals surface area contributed by atoms with Gasteiger partial charge in [0.1, 0.15) is 6.17 Å². The topological polar surface area (TPSA) is 37.3 Å². The zero-order chi connectivity index (χ0) is 12.1. The summed E-state index contributed by atoms with van der Waals surface area (Å²) < 4.78 is 13.7. The lowest BCUT2D eigenvalue weighted by Crippen LogP contribution is -2.12. The number of hydrogen-bond donors (Lipinski definition) is 1. The van der Waals surface area contributed by atoms with Gasteiger partial charge < -0.3 is 5.11 Å². The molecule has 16 heavy (non-hydrogen) atoms. The van der Waals surface area contributed by atoms with Crippen LogP contribution in [-0.4, -0.2) is 17.2 Å². The number of alkyl halides is 1. The molecule has 0 bridgehead atoms. The highest BCUT2D eigenvalue weighted by atomic mass is 19.1. The zero-order valence-electron chi connectivity index (χ0n) is 9.87. The minimum Gasteiger partial charge on any atom is -0.481 e. The summed E-state index contributed by atoms with van der Waals surface area (Å²) in [5.41, 5.74) is 1.88. The largest absolute Gasteiger partial charge is 0.481 e. The molecule has 0 fully saturated rings. The van der Waals surface area contributed by atoms with E-state index < -0.39 is 12.1 Å². The van der Waals surface area contributed by atoms with Gasteiger partial charge in [0.2, 0.25) is 0 Å². The average molecular weight is 226 g/mol. The van der Waals surface area contributed by atoms with E-state index in [4.69, 9.17) is 5.11 Å². The molecular formula is C13H19FO2. The summed E-state index contributed by atoms with van der Waals surface area (Å²) in [5, 5.41) is 8.50. The summed E-state index contributed by atoms with van der Waals surface area (Å²) >= 11 is 0. The molecular weight excluding hydrogens is 207 g/mol. The first-order valence-corrected chi connectivity index (χ1v) is 5.76. The molecule has 1 aliphatic rings. The van der Waals surface area contributed by atoms with E-state index in [2.05, 4.69) is 13.8 Å². The molecule has 1 rings (SSSR count). The van der Waals surface area contributed by atoms with Gasteiger partial charge in [0, 0.05) is 12.8 Å². The molecule has 0 saturated heterocycles. The number of allylic oxidation sites excluding steroid dienone is 4. The summed E-state index contributed by atoms with van der Waals surface area (Å²) in [6, 6.07) is 0. The Labute approximate surface area is 95.9 Å². The lowest BCUT2D eigenvalue weighted by molar-refractivity contribution is -0.137. The minimum absolute atomic E-state index is 0.116. The Morgan fingerprint density at radius 3 is 2.75 bits per heavy atom. The van der Waals surface area contributed by atoms with E-state index in [1.165, 1.54) is 0 Å². The molecule has 0 radical (unpaired) electrons. The number of carboxylic acid groups (broad SMARTS) is 1. The summed E-state index contributed by atoms with van der Waals surface area (Å²) in [7, 11) is 0. The molecule has 0 saturated carbocycles. The van der Waals surface area contributed by atoms with Crippen LogP contribution in [0.15, 0.2) is 23.3 Å². The van der Waals surface area contributed by atoms with Crippen molar-refractivity contribution in [2.75, 3.05) is 0 Å². The Balaban J connectivity index is 2.51. The van der Waals surface area contributed by atoms with Crippen LogP contribution in [0.2, 0.25) is 0 Å². The van der Waals surface area contributed by atoms with Gasteiger partial charge in [0.25, 0.3) is 0 Å². The SMILES string of the molecule is CC(C)C1=CC=C(CCCC(=O)O)C(F)C1. The first-order valence-electron chi connectivity index (χ1n) is 5.76. The van der Waals surface area contributed by atoms with Crippen molar-refractivity contribution in [2.45, 2.75) is 45.7 Å². The molecule has 3 heteroatoms. The van der Waals surface area contributed by atoms with E-state index in [1.807, 2.05) is 12.2 Å². The molecule has 1 aliphatic carbocycles. The molecule has 0 amide bonds. The van der Waals surface area contributed by atoms with Crippen molar-refractivity contribution < 1.29 is 14.3 Å². The van der Waals surface area contributed by atoms with E-state index in [-0.39, 0.29) is 6.42 Å². The van der Waals surface area contributed by atoms with E-state index in [1.54, 1.807) is 0 Å². The van der Waals surface area contributed by atoms with Gasteiger partial charge in [-0.15, -0.1) is 0 Å². The zero-order valence-corrected chi connectivity index (χ0v) is 9.87. The number of rotatable bonds is 5. The van der Waals surface area contributed by atoms with Crippen LogP contribution in [0.5, 0.6) is 0 Å². The summed E-state index contributed by atoms with van der Waals surface area (Å²) in [6.45, 7) is 4.11. The molecule has 0 aromatic carbocycles. The van der Waals surface area contributed by atoms with Crippen molar-refractivity contribution >= 4 is 5.97 Å². The van der Waals surface area contributed by atoms with Crippen molar-refractivity contribution in [3.63, 3.8) is 0 Å². The van der Waals surface area contributed by atoms with Gasteiger partial charge >= 0.3 is 5.97 Å². The van der Waals surface area contributed by atoms with Gasteiger partial charge in [0.15, 0.2) is 0 Å². The first-order chi connectivity index (χ1) is 7.50. The maximum absolute atomic E-state index is 13.7. The Bertz CT molecular complexity index is 316. The molecule has 0 aromatic heterocycles. The van der Waals surface area contributed by atoms with E-state index in [0.717, 1.165) is 11.1 Å². The van der Waals surface area contributed by atoms with Crippen molar-refractivity contribution in [1.29, 1.82) is 0 Å². The quantitative estimate of drug-likeness (QED) is 0.779. The number of hydrogen-bond acceptors (Lipinski definition) is 1. The molecule has 1 unspecified atom stereocenters. The van der Waals surface area contributed by atoms with Crippen molar-refractivity contribution in [3.8, 4) is 0 Å². The van der Waals surface area contributed by atoms with Crippen molar-refractivity contribution in [3.05, 3.63) is 23.3 Å². The Hall–Kier alpha value is -1.12. The van der Waals surface area contributed by atoms with Crippen molar-refractivity contribution in [1.82, 2.24) is 0 Å². The van der Waals surface area contributed by atoms with Gasteiger partial charge in [-0.1, -0.05) is 31.6 Å². The summed E-state index contributed by atoms with van der Waals surface area (Å²) in [4.78, 5) is 10.3. The van der Waals surface area contributed by atoms with Crippen LogP contribution in [0.4, 0.5) is 4.39 Å². The third kappa shape index (κ3) is 3.80. The fourth-order valence-corrected chi connectivity index (χ4v) is 1.84. The Morgan fingerprint density at radius 2 is 2.25 bits per heavy atom. The van der Waals surface area contributed by atoms with Gasteiger partial charge in [0.05, 0.1) is 0 Å². The van der Waals surface area contributed by atoms with Crippen molar-refractivity contribution in [2.24, 2.45) is 5.92 Å². The van der Waals surface area contributed by atoms with Crippen LogP contribution in [0, 0.1) is 5.92 Å². The van der Waals surface area contributed by atoms with Gasteiger partial charge in [-0.25, -0.2) is 4.39 Å². The van der Waals surface area contributed by atoms with Gasteiger partial charge in [-0.05, 0) is 24.3 Å². The third-order valence-electron chi connectivity index (χ3n) is 2.93. The fourth-order valence-electron chi connectivity index (χ4n) is 1.84. The van der Waals surface area contributed by atoms with Crippen LogP contribution in [0.25, 0.3) is 0 Å². The molecule has 1 N–H and O–H groups in total. The summed E-state index contributed by atoms with van der Waals surface area (Å²) in [5.74, 6) is -0.430. The number of halogens is 1. The van der Waals surface area contributed by atoms with Gasteiger partial charge in [-0.3, -0.25) is 4.79 Å². The van der Waals surface area contributed by atoms with Crippen LogP contribution in [-0.2, 0) is 4.79 Å². The second kappa shape index (κ2) is 5.83. The number of carbonyl (C=O) groups is 1. The van der Waals surface area contributed by atoms with Crippen LogP contribution in [0.3, 0.4) is 0 Å². The molecule has 90 valence electrons. The Morgan fingerprint density at radius 1 is 1.56 bits per heavy atom. The standard InChI is InChI=1S/C13H19FO2/c1-9(2)11-7-6-10(12(14)8-11)4-3-5-13(15)16/h6-7,9,12H,3-5,8H2,1-2H3,(H,15,16). The maximum Gasteiger partial charge on any atom is 0.303 e. The average Bonchev–Trinajstić information content (AvgIpc) is 2.19. The number of carboxylic acids is 1. The lowest BCUT2D eigenvalue weighted by Gasteiger charge is -2.21. The van der Waals surface area contributed by atoms with Crippen LogP contribution in [0.1, 0.15) is 39.5 Å². The summed E-state index contributed by atoms with van der Waals surface area (Å²) in [6.07, 6.45) is 4.54. The van der Waals surface area contributed by atoms with Crippen LogP contribution < -0.4 is 0 Å². The first kappa shape index (κ1) is 12.9. The predicted molar refractivity (Wildman–Crippen MR) is 62.0 cm³/mol. The highest BCUT2D eigenvalue weighted by molar-refractivity contribution is 5.66. The molecule has 0 heterocycles. The van der Waals surface area contributed by atoms with E-state index in [9.17, 15) is 9.18 Å². The normalized spacial score (nSPS) is 20.6. The second-order valence-electron chi connectivity index (χ2n) is 4.56. The highest BCUT2D eigenvalue weighted by Gasteiger charge is 2.19. The Kier molecular flexibility index (Phi) is 4.71. The molecule has 0 aliphatic heterocycles. The van der Waals surface area contributed by atoms with E-state index in [0.29, 0.717) is 25.2 Å². The second-order valence-corrected chi connectivity index (χ2v) is 4.56. The predicted octanol–water partition coefficient (Wildman–Crippen LogP) is 3.49. The number of aliphatic carboxylic acids is 1. The lowest BCUT2D eigenvalue weighted by atomic mass is 9.88. The molecule has 2 nitrogen and oxygen atoms in total. The molecule has 0 aromatic rings. The minimum atomic E-state index is -0.920. The van der Waals surface area contributed by atoms with Gasteiger partial charge in [-0.2, -0.15) is 0 Å². The smallest absolute Gasteiger partial charge is 0.303 e. The maximum atomic E-state index is 13.7. The van der Waals surface area contributed by atoms with Crippen LogP contribution >= 0.6 is 0 Å². The fraction of sp³-hybridized carbons (Fsp3) is 0.615. The monoisotopic (exact) mass is 226 g/mol. The third-order valence-corrected chi connectivity index (χ3v) is 2.93. The molecule has 0 spiro atoms. The highest BCUT2D eigenvalue weighted by Crippen LogP contribution is 2.29. The van der Waals surface area contributed by atoms with E-state index >= 15 is 0 Å². The molecule has 1 atom stereocenters.